The standard InChI is InChI=1S/C45H28IN4/c1-2-11-29(12-3-1)30-21-23-31(24-22-30)43-47-44(49-45(48-43)33-25-26-36-35-15-4-7-18-39(35)46-40(36)28-33)32-13-10-14-34(27-32)50-41-19-8-5-16-37(41)38-17-6-9-20-42(38)50/h1-28H/q-1. The van der Waals surface area contributed by atoms with Crippen molar-refractivity contribution in [3.63, 3.8) is 0 Å². The van der Waals surface area contributed by atoms with Crippen LogP contribution in [0.1, 0.15) is 0 Å². The van der Waals surface area contributed by atoms with Crippen molar-refractivity contribution in [3.05, 3.63) is 177 Å². The predicted molar refractivity (Wildman–Crippen MR) is 199 cm³/mol. The zero-order valence-corrected chi connectivity index (χ0v) is 29.0. The second-order valence-corrected chi connectivity index (χ2v) is 15.3. The van der Waals surface area contributed by atoms with Crippen LogP contribution in [0.4, 0.5) is 0 Å². The minimum atomic E-state index is -0.267. The van der Waals surface area contributed by atoms with E-state index in [-0.39, 0.29) is 21.2 Å². The van der Waals surface area contributed by atoms with E-state index < -0.39 is 0 Å². The van der Waals surface area contributed by atoms with E-state index in [2.05, 4.69) is 168 Å². The Morgan fingerprint density at radius 3 is 1.62 bits per heavy atom. The molecule has 0 amide bonds. The van der Waals surface area contributed by atoms with E-state index in [1.807, 2.05) is 6.07 Å². The fourth-order valence-corrected chi connectivity index (χ4v) is 10.0. The van der Waals surface area contributed by atoms with Crippen LogP contribution in [-0.4, -0.2) is 19.5 Å². The first-order valence-corrected chi connectivity index (χ1v) is 18.8. The fraction of sp³-hybridized carbons (Fsp3) is 0. The molecule has 10 rings (SSSR count). The van der Waals surface area contributed by atoms with E-state index in [9.17, 15) is 0 Å². The Labute approximate surface area is 300 Å². The zero-order valence-electron chi connectivity index (χ0n) is 26.8. The van der Waals surface area contributed by atoms with Gasteiger partial charge in [0.25, 0.3) is 0 Å². The fourth-order valence-electron chi connectivity index (χ4n) is 7.01. The van der Waals surface area contributed by atoms with Crippen LogP contribution in [-0.2, 0) is 0 Å². The van der Waals surface area contributed by atoms with Gasteiger partial charge in [-0.3, -0.25) is 0 Å². The number of fused-ring (bicyclic) bond motifs is 6. The van der Waals surface area contributed by atoms with Gasteiger partial charge < -0.3 is 0 Å². The van der Waals surface area contributed by atoms with Crippen molar-refractivity contribution in [2.75, 3.05) is 0 Å². The zero-order chi connectivity index (χ0) is 33.0. The molecule has 0 saturated heterocycles. The first kappa shape index (κ1) is 29.0. The quantitative estimate of drug-likeness (QED) is 0.169. The number of hydrogen-bond acceptors (Lipinski definition) is 3. The smallest absolute Gasteiger partial charge is 0.0617 e. The Hall–Kier alpha value is -5.92. The number of aromatic nitrogens is 4. The van der Waals surface area contributed by atoms with E-state index in [0.717, 1.165) is 27.9 Å². The summed E-state index contributed by atoms with van der Waals surface area (Å²) in [6.45, 7) is 0. The first-order chi connectivity index (χ1) is 24.8. The average Bonchev–Trinajstić information content (AvgIpc) is 3.74. The van der Waals surface area contributed by atoms with Gasteiger partial charge in [-0.2, -0.15) is 0 Å². The van der Waals surface area contributed by atoms with Crippen LogP contribution in [0.3, 0.4) is 0 Å². The molecule has 0 N–H and O–H groups in total. The van der Waals surface area contributed by atoms with Crippen molar-refractivity contribution in [1.29, 1.82) is 0 Å². The van der Waals surface area contributed by atoms with Crippen molar-refractivity contribution in [2.24, 2.45) is 0 Å². The minimum Gasteiger partial charge on any atom is -0.0617 e. The van der Waals surface area contributed by atoms with E-state index in [1.54, 1.807) is 0 Å². The predicted octanol–water partition coefficient (Wildman–Crippen LogP) is 7.75. The molecule has 7 aromatic carbocycles. The van der Waals surface area contributed by atoms with E-state index in [1.165, 1.54) is 45.6 Å². The summed E-state index contributed by atoms with van der Waals surface area (Å²) in [5.41, 5.74) is 11.3. The molecule has 0 radical (unpaired) electrons. The van der Waals surface area contributed by atoms with Crippen LogP contribution in [0.5, 0.6) is 0 Å². The summed E-state index contributed by atoms with van der Waals surface area (Å²) in [6, 6.07) is 60.2. The van der Waals surface area contributed by atoms with Gasteiger partial charge in [0.2, 0.25) is 0 Å². The van der Waals surface area contributed by atoms with Crippen LogP contribution >= 0.6 is 0 Å². The maximum atomic E-state index is 5.17. The summed E-state index contributed by atoms with van der Waals surface area (Å²) >= 11 is -0.267. The van der Waals surface area contributed by atoms with Crippen molar-refractivity contribution in [3.8, 4) is 62.1 Å². The Morgan fingerprint density at radius 1 is 0.360 bits per heavy atom. The molecule has 2 aromatic heterocycles. The number of para-hydroxylation sites is 2. The van der Waals surface area contributed by atoms with E-state index in [0.29, 0.717) is 17.5 Å². The Balaban J connectivity index is 1.12. The summed E-state index contributed by atoms with van der Waals surface area (Å²) in [6.07, 6.45) is 0. The van der Waals surface area contributed by atoms with Crippen LogP contribution in [0, 0.1) is 7.14 Å². The summed E-state index contributed by atoms with van der Waals surface area (Å²) in [5, 5.41) is 2.47. The molecule has 1 aliphatic rings. The molecule has 0 saturated carbocycles. The molecule has 0 bridgehead atoms. The molecule has 4 nitrogen and oxygen atoms in total. The van der Waals surface area contributed by atoms with Crippen molar-refractivity contribution < 1.29 is 21.2 Å². The SMILES string of the molecule is c1ccc(-c2ccc(-c3nc(-c4cccc(-n5c6ccccc6c6ccccc65)c4)nc(-c4ccc5c(c4)[I-]c4ccccc4-5)n3)cc2)cc1. The number of rotatable bonds is 5. The molecule has 0 atom stereocenters. The van der Waals surface area contributed by atoms with Crippen LogP contribution in [0.25, 0.3) is 83.9 Å². The van der Waals surface area contributed by atoms with Crippen LogP contribution in [0.15, 0.2) is 170 Å². The molecule has 0 fully saturated rings. The van der Waals surface area contributed by atoms with Crippen molar-refractivity contribution in [2.45, 2.75) is 0 Å². The molecule has 0 aliphatic carbocycles. The van der Waals surface area contributed by atoms with Gasteiger partial charge in [0.15, 0.2) is 0 Å². The van der Waals surface area contributed by atoms with Gasteiger partial charge >= 0.3 is 247 Å². The molecule has 9 aromatic rings. The molecular weight excluding hydrogens is 723 g/mol. The Bertz CT molecular complexity index is 2680. The molecule has 1 aliphatic heterocycles. The summed E-state index contributed by atoms with van der Waals surface area (Å²) < 4.78 is 5.21. The van der Waals surface area contributed by atoms with Gasteiger partial charge in [0.05, 0.1) is 0 Å². The minimum absolute atomic E-state index is 0.267. The Morgan fingerprint density at radius 2 is 0.880 bits per heavy atom. The van der Waals surface area contributed by atoms with Gasteiger partial charge in [0, 0.05) is 0 Å². The topological polar surface area (TPSA) is 43.6 Å². The second-order valence-electron chi connectivity index (χ2n) is 12.4. The molecule has 236 valence electrons. The summed E-state index contributed by atoms with van der Waals surface area (Å²) in [5.74, 6) is 1.99. The van der Waals surface area contributed by atoms with Crippen molar-refractivity contribution in [1.82, 2.24) is 19.5 Å². The monoisotopic (exact) mass is 751 g/mol. The average molecular weight is 752 g/mol. The number of benzene rings is 7. The number of halogens is 1. The van der Waals surface area contributed by atoms with E-state index >= 15 is 0 Å². The van der Waals surface area contributed by atoms with Crippen LogP contribution < -0.4 is 21.2 Å². The van der Waals surface area contributed by atoms with Gasteiger partial charge in [0.1, 0.15) is 0 Å². The van der Waals surface area contributed by atoms with Gasteiger partial charge in [-0.1, -0.05) is 54.6 Å². The maximum absolute atomic E-state index is 5.17. The number of hydrogen-bond donors (Lipinski definition) is 0. The molecule has 3 heterocycles. The second kappa shape index (κ2) is 11.9. The number of nitrogens with zero attached hydrogens (tertiary/aromatic N) is 4. The van der Waals surface area contributed by atoms with Gasteiger partial charge in [-0.15, -0.1) is 0 Å². The van der Waals surface area contributed by atoms with Gasteiger partial charge in [-0.05, 0) is 0 Å². The first-order valence-electron chi connectivity index (χ1n) is 16.7. The third-order valence-electron chi connectivity index (χ3n) is 9.42. The molecule has 0 spiro atoms. The summed E-state index contributed by atoms with van der Waals surface area (Å²) in [7, 11) is 0. The van der Waals surface area contributed by atoms with E-state index in [4.69, 9.17) is 15.0 Å². The molecular formula is C45H28IN4-. The van der Waals surface area contributed by atoms with Crippen LogP contribution in [0.2, 0.25) is 0 Å². The Kier molecular flexibility index (Phi) is 6.91. The molecule has 0 unspecified atom stereocenters. The molecule has 5 heteroatoms. The summed E-state index contributed by atoms with van der Waals surface area (Å²) in [4.78, 5) is 15.4. The third kappa shape index (κ3) is 4.92. The normalized spacial score (nSPS) is 12.1. The van der Waals surface area contributed by atoms with Crippen molar-refractivity contribution >= 4 is 21.8 Å². The molecule has 50 heavy (non-hydrogen) atoms. The van der Waals surface area contributed by atoms with Gasteiger partial charge in [-0.25, -0.2) is 0 Å². The third-order valence-corrected chi connectivity index (χ3v) is 12.4.